The minimum absolute atomic E-state index is 0.165. The van der Waals surface area contributed by atoms with Gasteiger partial charge in [-0.1, -0.05) is 47.0 Å². The normalized spacial score (nSPS) is 41.9. The standard InChI is InChI=1S/C32H60FN3S/c1-7-30(6,33)21-29(37)32(18-22(3)19-32)12-11-31(8-2)20-26(34)17-28(31)23(4)9-10-25-15-27(16-25)35-24(5)36-13-14-36/h22-29,35,37H,7-21,34H2,1-6H3. The summed E-state index contributed by atoms with van der Waals surface area (Å²) < 4.78 is 15.0. The lowest BCUT2D eigenvalue weighted by Crippen LogP contribution is -2.48. The van der Waals surface area contributed by atoms with Crippen molar-refractivity contribution in [3.63, 3.8) is 0 Å². The molecule has 4 rings (SSSR count). The van der Waals surface area contributed by atoms with E-state index < -0.39 is 5.67 Å². The monoisotopic (exact) mass is 537 g/mol. The first-order chi connectivity index (χ1) is 17.4. The van der Waals surface area contributed by atoms with Crippen molar-refractivity contribution in [3.05, 3.63) is 0 Å². The van der Waals surface area contributed by atoms with Crippen LogP contribution in [-0.2, 0) is 0 Å². The largest absolute Gasteiger partial charge is 0.328 e. The Labute approximate surface area is 234 Å². The molecular weight excluding hydrogens is 477 g/mol. The van der Waals surface area contributed by atoms with E-state index in [-0.39, 0.29) is 10.7 Å². The third-order valence-electron chi connectivity index (χ3n) is 11.9. The van der Waals surface area contributed by atoms with Crippen molar-refractivity contribution in [1.82, 2.24) is 10.2 Å². The van der Waals surface area contributed by atoms with E-state index in [2.05, 4.69) is 37.9 Å². The molecule has 0 spiro atoms. The van der Waals surface area contributed by atoms with Gasteiger partial charge in [0.2, 0.25) is 0 Å². The molecule has 0 aromatic carbocycles. The summed E-state index contributed by atoms with van der Waals surface area (Å²) in [4.78, 5) is 2.51. The van der Waals surface area contributed by atoms with Gasteiger partial charge in [-0.15, -0.1) is 0 Å². The van der Waals surface area contributed by atoms with Gasteiger partial charge in [-0.2, -0.15) is 12.6 Å². The Morgan fingerprint density at radius 1 is 1.11 bits per heavy atom. The molecule has 4 aliphatic rings. The number of thiol groups is 1. The molecule has 0 aromatic rings. The summed E-state index contributed by atoms with van der Waals surface area (Å²) >= 11 is 5.09. The Morgan fingerprint density at radius 2 is 1.78 bits per heavy atom. The minimum Gasteiger partial charge on any atom is -0.328 e. The lowest BCUT2D eigenvalue weighted by Gasteiger charge is -2.53. The topological polar surface area (TPSA) is 41.1 Å². The van der Waals surface area contributed by atoms with Gasteiger partial charge in [0.25, 0.3) is 0 Å². The second-order valence-corrected chi connectivity index (χ2v) is 15.5. The molecule has 37 heavy (non-hydrogen) atoms. The van der Waals surface area contributed by atoms with Crippen LogP contribution < -0.4 is 11.1 Å². The third-order valence-corrected chi connectivity index (χ3v) is 12.6. The number of nitrogens with one attached hydrogen (secondary N) is 1. The first-order valence-corrected chi connectivity index (χ1v) is 16.5. The van der Waals surface area contributed by atoms with Crippen LogP contribution in [-0.4, -0.2) is 47.2 Å². The van der Waals surface area contributed by atoms with E-state index in [0.29, 0.717) is 30.5 Å². The van der Waals surface area contributed by atoms with Gasteiger partial charge in [0.15, 0.2) is 0 Å². The maximum atomic E-state index is 15.0. The summed E-state index contributed by atoms with van der Waals surface area (Å²) in [7, 11) is 0. The number of nitrogens with two attached hydrogens (primary N) is 1. The van der Waals surface area contributed by atoms with E-state index in [1.54, 1.807) is 6.92 Å². The predicted molar refractivity (Wildman–Crippen MR) is 160 cm³/mol. The van der Waals surface area contributed by atoms with Crippen LogP contribution in [0.25, 0.3) is 0 Å². The zero-order valence-electron chi connectivity index (χ0n) is 25.1. The van der Waals surface area contributed by atoms with Gasteiger partial charge in [-0.25, -0.2) is 4.39 Å². The molecule has 5 heteroatoms. The van der Waals surface area contributed by atoms with Gasteiger partial charge in [-0.3, -0.25) is 10.2 Å². The zero-order valence-corrected chi connectivity index (χ0v) is 26.0. The quantitative estimate of drug-likeness (QED) is 0.149. The zero-order chi connectivity index (χ0) is 27.0. The molecule has 4 fully saturated rings. The highest BCUT2D eigenvalue weighted by Crippen LogP contribution is 2.60. The Morgan fingerprint density at radius 3 is 2.35 bits per heavy atom. The number of rotatable bonds is 15. The van der Waals surface area contributed by atoms with Crippen LogP contribution in [0.2, 0.25) is 0 Å². The van der Waals surface area contributed by atoms with Crippen LogP contribution in [0.3, 0.4) is 0 Å². The van der Waals surface area contributed by atoms with Gasteiger partial charge in [0.1, 0.15) is 5.67 Å². The van der Waals surface area contributed by atoms with Crippen molar-refractivity contribution in [2.45, 2.75) is 154 Å². The van der Waals surface area contributed by atoms with Crippen LogP contribution in [0.5, 0.6) is 0 Å². The van der Waals surface area contributed by atoms with Crippen molar-refractivity contribution >= 4 is 12.6 Å². The van der Waals surface area contributed by atoms with E-state index in [4.69, 9.17) is 18.4 Å². The van der Waals surface area contributed by atoms with E-state index in [0.717, 1.165) is 29.7 Å². The Kier molecular flexibility index (Phi) is 9.73. The summed E-state index contributed by atoms with van der Waals surface area (Å²) in [5.41, 5.74) is 6.17. The maximum Gasteiger partial charge on any atom is 0.109 e. The second-order valence-electron chi connectivity index (χ2n) is 14.9. The molecule has 3 aliphatic carbocycles. The molecule has 1 heterocycles. The number of halogens is 1. The molecule has 216 valence electrons. The summed E-state index contributed by atoms with van der Waals surface area (Å²) in [6, 6.07) is 1.08. The summed E-state index contributed by atoms with van der Waals surface area (Å²) in [6.07, 6.45) is 15.7. The fourth-order valence-corrected chi connectivity index (χ4v) is 9.69. The molecule has 3 saturated carbocycles. The van der Waals surface area contributed by atoms with E-state index in [9.17, 15) is 4.39 Å². The van der Waals surface area contributed by atoms with Crippen molar-refractivity contribution in [3.8, 4) is 0 Å². The number of alkyl halides is 1. The molecule has 1 saturated heterocycles. The van der Waals surface area contributed by atoms with Crippen LogP contribution in [0, 0.1) is 34.5 Å². The molecule has 7 unspecified atom stereocenters. The van der Waals surface area contributed by atoms with E-state index in [1.807, 2.05) is 6.92 Å². The van der Waals surface area contributed by atoms with Crippen LogP contribution in [0.15, 0.2) is 0 Å². The summed E-state index contributed by atoms with van der Waals surface area (Å²) in [6.45, 7) is 15.9. The maximum absolute atomic E-state index is 15.0. The summed E-state index contributed by atoms with van der Waals surface area (Å²) in [5.74, 6) is 3.14. The minimum atomic E-state index is -1.10. The van der Waals surface area contributed by atoms with Crippen molar-refractivity contribution in [2.75, 3.05) is 13.1 Å². The fraction of sp³-hybridized carbons (Fsp3) is 1.00. The molecule has 0 bridgehead atoms. The molecule has 0 aromatic heterocycles. The van der Waals surface area contributed by atoms with Gasteiger partial charge >= 0.3 is 0 Å². The SMILES string of the molecule is CCC(C)(F)CC(S)C1(CCC2(CC)CC(N)CC2C(C)CCC2CC(NC(C)N3CC3)C2)CC(C)C1. The fourth-order valence-electron chi connectivity index (χ4n) is 8.97. The Bertz CT molecular complexity index is 730. The number of hydrogen-bond acceptors (Lipinski definition) is 4. The predicted octanol–water partition coefficient (Wildman–Crippen LogP) is 7.59. The Balaban J connectivity index is 1.31. The van der Waals surface area contributed by atoms with E-state index in [1.165, 1.54) is 83.7 Å². The van der Waals surface area contributed by atoms with Gasteiger partial charge < -0.3 is 5.73 Å². The number of nitrogens with zero attached hydrogens (tertiary/aromatic N) is 1. The molecule has 0 radical (unpaired) electrons. The average molecular weight is 538 g/mol. The van der Waals surface area contributed by atoms with Crippen LogP contribution >= 0.6 is 12.6 Å². The molecule has 0 amide bonds. The lowest BCUT2D eigenvalue weighted by atomic mass is 9.55. The molecule has 7 atom stereocenters. The van der Waals surface area contributed by atoms with Crippen LogP contribution in [0.4, 0.5) is 4.39 Å². The molecule has 1 aliphatic heterocycles. The molecular formula is C32H60FN3S. The van der Waals surface area contributed by atoms with Gasteiger partial charge in [0.05, 0.1) is 6.17 Å². The molecule has 3 N–H and O–H groups in total. The second kappa shape index (κ2) is 12.0. The molecule has 3 nitrogen and oxygen atoms in total. The highest BCUT2D eigenvalue weighted by Gasteiger charge is 2.52. The van der Waals surface area contributed by atoms with Crippen LogP contribution in [0.1, 0.15) is 125 Å². The van der Waals surface area contributed by atoms with Crippen molar-refractivity contribution in [1.29, 1.82) is 0 Å². The lowest BCUT2D eigenvalue weighted by molar-refractivity contribution is 0.00446. The third kappa shape index (κ3) is 7.09. The first-order valence-electron chi connectivity index (χ1n) is 16.0. The Hall–Kier alpha value is 0.160. The van der Waals surface area contributed by atoms with Gasteiger partial charge in [0, 0.05) is 30.4 Å². The highest BCUT2D eigenvalue weighted by molar-refractivity contribution is 7.81. The summed E-state index contributed by atoms with van der Waals surface area (Å²) in [5, 5.41) is 4.00. The first kappa shape index (κ1) is 30.1. The van der Waals surface area contributed by atoms with E-state index >= 15 is 0 Å². The average Bonchev–Trinajstić information content (AvgIpc) is 3.60. The highest BCUT2D eigenvalue weighted by atomic mass is 32.1. The number of hydrogen-bond donors (Lipinski definition) is 3. The van der Waals surface area contributed by atoms with Crippen molar-refractivity contribution in [2.24, 2.45) is 40.2 Å². The smallest absolute Gasteiger partial charge is 0.109 e. The van der Waals surface area contributed by atoms with Gasteiger partial charge in [-0.05, 0) is 113 Å². The van der Waals surface area contributed by atoms with Crippen molar-refractivity contribution < 1.29 is 4.39 Å².